The minimum absolute atomic E-state index is 0.275. The van der Waals surface area contributed by atoms with E-state index in [-0.39, 0.29) is 26.4 Å². The Labute approximate surface area is 195 Å². The standard InChI is InChI=1S/C11H20O4.C8H14O4.C3H7Br/c1-5-8-11(4,9(12)14-6-2)10(13)15-7-3;1-4-11-7(9)6(3)8(10)12-5-2;1-2-3-4/h5-8H2,1-4H3;6H,4-5H2,1-3H3;2-3H2,1H3. The molecule has 184 valence electrons. The van der Waals surface area contributed by atoms with Crippen LogP contribution < -0.4 is 0 Å². The fraction of sp³-hybridized carbons (Fsp3) is 0.818. The zero-order chi connectivity index (χ0) is 24.9. The predicted molar refractivity (Wildman–Crippen MR) is 123 cm³/mol. The number of ether oxygens (including phenoxy) is 4. The highest BCUT2D eigenvalue weighted by Crippen LogP contribution is 2.27. The van der Waals surface area contributed by atoms with Crippen LogP contribution in [0.1, 0.15) is 74.7 Å². The molecule has 0 aliphatic heterocycles. The monoisotopic (exact) mass is 512 g/mol. The summed E-state index contributed by atoms with van der Waals surface area (Å²) < 4.78 is 19.0. The molecule has 0 unspecified atom stereocenters. The van der Waals surface area contributed by atoms with E-state index in [0.29, 0.717) is 6.42 Å². The van der Waals surface area contributed by atoms with Gasteiger partial charge in [-0.1, -0.05) is 36.2 Å². The number of halogens is 1. The van der Waals surface area contributed by atoms with Crippen LogP contribution in [0.2, 0.25) is 0 Å². The number of hydrogen-bond acceptors (Lipinski definition) is 8. The molecule has 0 radical (unpaired) electrons. The average Bonchev–Trinajstić information content (AvgIpc) is 2.74. The van der Waals surface area contributed by atoms with Gasteiger partial charge in [-0.3, -0.25) is 19.2 Å². The minimum atomic E-state index is -1.15. The molecule has 0 aliphatic carbocycles. The lowest BCUT2D eigenvalue weighted by atomic mass is 9.86. The SMILES string of the molecule is CCCBr.CCCC(C)(C(=O)OCC)C(=O)OCC.CCOC(=O)C(C)C(=O)OCC. The maximum absolute atomic E-state index is 11.6. The fourth-order valence-corrected chi connectivity index (χ4v) is 2.00. The van der Waals surface area contributed by atoms with Crippen molar-refractivity contribution in [1.29, 1.82) is 0 Å². The Morgan fingerprint density at radius 2 is 1.03 bits per heavy atom. The molecule has 0 spiro atoms. The highest BCUT2D eigenvalue weighted by molar-refractivity contribution is 9.09. The van der Waals surface area contributed by atoms with Gasteiger partial charge in [0, 0.05) is 5.33 Å². The summed E-state index contributed by atoms with van der Waals surface area (Å²) in [4.78, 5) is 45.2. The van der Waals surface area contributed by atoms with Crippen LogP contribution in [0.25, 0.3) is 0 Å². The van der Waals surface area contributed by atoms with Crippen molar-refractivity contribution in [2.45, 2.75) is 74.7 Å². The van der Waals surface area contributed by atoms with Gasteiger partial charge in [0.25, 0.3) is 0 Å². The van der Waals surface area contributed by atoms with Crippen molar-refractivity contribution in [2.75, 3.05) is 31.8 Å². The summed E-state index contributed by atoms with van der Waals surface area (Å²) in [6, 6.07) is 0. The van der Waals surface area contributed by atoms with Crippen molar-refractivity contribution < 1.29 is 38.1 Å². The molecule has 31 heavy (non-hydrogen) atoms. The number of esters is 4. The first kappa shape index (κ1) is 34.0. The molecule has 0 amide bonds. The normalized spacial score (nSPS) is 10.0. The van der Waals surface area contributed by atoms with Gasteiger partial charge < -0.3 is 18.9 Å². The summed E-state index contributed by atoms with van der Waals surface area (Å²) in [7, 11) is 0. The van der Waals surface area contributed by atoms with Gasteiger partial charge >= 0.3 is 23.9 Å². The zero-order valence-electron chi connectivity index (χ0n) is 20.4. The molecule has 0 saturated carbocycles. The molecule has 0 aromatic rings. The molecule has 0 heterocycles. The first-order valence-electron chi connectivity index (χ1n) is 10.8. The van der Waals surface area contributed by atoms with Crippen LogP contribution in [0.15, 0.2) is 0 Å². The van der Waals surface area contributed by atoms with E-state index >= 15 is 0 Å². The second-order valence-corrected chi connectivity index (χ2v) is 7.23. The van der Waals surface area contributed by atoms with Crippen LogP contribution in [-0.4, -0.2) is 55.6 Å². The maximum Gasteiger partial charge on any atom is 0.323 e. The second-order valence-electron chi connectivity index (χ2n) is 6.44. The molecule has 0 aliphatic rings. The Hall–Kier alpha value is -1.64. The number of alkyl halides is 1. The van der Waals surface area contributed by atoms with E-state index < -0.39 is 35.2 Å². The summed E-state index contributed by atoms with van der Waals surface area (Å²) >= 11 is 3.25. The Bertz CT molecular complexity index is 470. The second kappa shape index (κ2) is 21.6. The van der Waals surface area contributed by atoms with E-state index in [1.807, 2.05) is 6.92 Å². The predicted octanol–water partition coefficient (Wildman–Crippen LogP) is 4.46. The number of hydrogen-bond donors (Lipinski definition) is 0. The third-order valence-corrected chi connectivity index (χ3v) is 4.46. The maximum atomic E-state index is 11.6. The van der Waals surface area contributed by atoms with Crippen LogP contribution in [-0.2, 0) is 38.1 Å². The average molecular weight is 513 g/mol. The van der Waals surface area contributed by atoms with Crippen LogP contribution in [0.5, 0.6) is 0 Å². The smallest absolute Gasteiger partial charge is 0.323 e. The van der Waals surface area contributed by atoms with Gasteiger partial charge in [-0.25, -0.2) is 0 Å². The fourth-order valence-electron chi connectivity index (χ4n) is 2.00. The first-order valence-corrected chi connectivity index (χ1v) is 11.9. The largest absolute Gasteiger partial charge is 0.465 e. The quantitative estimate of drug-likeness (QED) is 0.173. The summed E-state index contributed by atoms with van der Waals surface area (Å²) in [5.41, 5.74) is -1.15. The lowest BCUT2D eigenvalue weighted by Crippen LogP contribution is -2.39. The van der Waals surface area contributed by atoms with E-state index in [4.69, 9.17) is 9.47 Å². The molecule has 0 saturated heterocycles. The van der Waals surface area contributed by atoms with Crippen LogP contribution >= 0.6 is 15.9 Å². The third-order valence-electron chi connectivity index (χ3n) is 3.67. The topological polar surface area (TPSA) is 105 Å². The lowest BCUT2D eigenvalue weighted by molar-refractivity contribution is -0.171. The van der Waals surface area contributed by atoms with Gasteiger partial charge in [-0.05, 0) is 54.4 Å². The van der Waals surface area contributed by atoms with Crippen molar-refractivity contribution in [1.82, 2.24) is 0 Å². The molecule has 0 N–H and O–H groups in total. The Morgan fingerprint density at radius 1 is 0.710 bits per heavy atom. The van der Waals surface area contributed by atoms with Gasteiger partial charge in [0.1, 0.15) is 0 Å². The molecular formula is C22H41BrO8. The van der Waals surface area contributed by atoms with Gasteiger partial charge in [0.05, 0.1) is 26.4 Å². The van der Waals surface area contributed by atoms with Crippen molar-refractivity contribution >= 4 is 39.8 Å². The van der Waals surface area contributed by atoms with E-state index in [9.17, 15) is 19.2 Å². The molecule has 0 aromatic heterocycles. The molecule has 8 nitrogen and oxygen atoms in total. The van der Waals surface area contributed by atoms with Gasteiger partial charge in [0.2, 0.25) is 0 Å². The lowest BCUT2D eigenvalue weighted by Gasteiger charge is -2.24. The zero-order valence-corrected chi connectivity index (χ0v) is 22.0. The summed E-state index contributed by atoms with van der Waals surface area (Å²) in [6.45, 7) is 15.0. The van der Waals surface area contributed by atoms with Crippen molar-refractivity contribution in [3.05, 3.63) is 0 Å². The van der Waals surface area contributed by atoms with Gasteiger partial charge in [-0.15, -0.1) is 0 Å². The molecule has 0 fully saturated rings. The van der Waals surface area contributed by atoms with Crippen LogP contribution in [0.3, 0.4) is 0 Å². The molecule has 0 bridgehead atoms. The van der Waals surface area contributed by atoms with Gasteiger partial charge in [0.15, 0.2) is 11.3 Å². The first-order chi connectivity index (χ1) is 14.6. The third kappa shape index (κ3) is 15.8. The van der Waals surface area contributed by atoms with Crippen LogP contribution in [0.4, 0.5) is 0 Å². The summed E-state index contributed by atoms with van der Waals surface area (Å²) in [5, 5.41) is 1.13. The van der Waals surface area contributed by atoms with Crippen LogP contribution in [0, 0.1) is 11.3 Å². The molecular weight excluding hydrogens is 472 g/mol. The van der Waals surface area contributed by atoms with Gasteiger partial charge in [-0.2, -0.15) is 0 Å². The van der Waals surface area contributed by atoms with E-state index in [1.165, 1.54) is 13.3 Å². The Balaban J connectivity index is -0.000000438. The highest BCUT2D eigenvalue weighted by atomic mass is 79.9. The van der Waals surface area contributed by atoms with E-state index in [1.54, 1.807) is 34.6 Å². The molecule has 9 heteroatoms. The van der Waals surface area contributed by atoms with E-state index in [0.717, 1.165) is 11.8 Å². The molecule has 0 rings (SSSR count). The number of rotatable bonds is 11. The number of carbonyl (C=O) groups is 4. The Morgan fingerprint density at radius 3 is 1.26 bits per heavy atom. The molecule has 0 atom stereocenters. The molecule has 0 aromatic carbocycles. The number of carbonyl (C=O) groups excluding carboxylic acids is 4. The van der Waals surface area contributed by atoms with E-state index in [2.05, 4.69) is 32.3 Å². The Kier molecular flexibility index (Phi) is 23.7. The van der Waals surface area contributed by atoms with Crippen molar-refractivity contribution in [3.8, 4) is 0 Å². The summed E-state index contributed by atoms with van der Waals surface area (Å²) in [5.74, 6) is -2.87. The highest BCUT2D eigenvalue weighted by Gasteiger charge is 2.43. The summed E-state index contributed by atoms with van der Waals surface area (Å²) in [6.07, 6.45) is 2.42. The minimum Gasteiger partial charge on any atom is -0.465 e. The van der Waals surface area contributed by atoms with Crippen molar-refractivity contribution in [2.24, 2.45) is 11.3 Å². The van der Waals surface area contributed by atoms with Crippen molar-refractivity contribution in [3.63, 3.8) is 0 Å².